The lowest BCUT2D eigenvalue weighted by Crippen LogP contribution is -2.27. The zero-order chi connectivity index (χ0) is 23.7. The minimum Gasteiger partial charge on any atom is -0.376 e. The van der Waals surface area contributed by atoms with Crippen LogP contribution in [0.5, 0.6) is 0 Å². The highest BCUT2D eigenvalue weighted by Gasteiger charge is 2.32. The van der Waals surface area contributed by atoms with Crippen LogP contribution in [-0.2, 0) is 16.1 Å². The minimum atomic E-state index is -0.246. The number of pyridine rings is 1. The van der Waals surface area contributed by atoms with Gasteiger partial charge in [0.1, 0.15) is 15.8 Å². The molecule has 2 aliphatic heterocycles. The van der Waals surface area contributed by atoms with Gasteiger partial charge in [0.15, 0.2) is 0 Å². The smallest absolute Gasteiger partial charge is 0.267 e. The summed E-state index contributed by atoms with van der Waals surface area (Å²) in [6, 6.07) is 13.4. The molecule has 7 nitrogen and oxygen atoms in total. The first-order valence-electron chi connectivity index (χ1n) is 11.2. The van der Waals surface area contributed by atoms with Crippen molar-refractivity contribution < 1.29 is 9.53 Å². The van der Waals surface area contributed by atoms with Gasteiger partial charge in [-0.15, -0.1) is 0 Å². The Balaban J connectivity index is 1.48. The maximum atomic E-state index is 13.4. The van der Waals surface area contributed by atoms with Crippen LogP contribution in [-0.4, -0.2) is 43.8 Å². The first-order valence-corrected chi connectivity index (χ1v) is 12.4. The van der Waals surface area contributed by atoms with Crippen LogP contribution in [0, 0.1) is 6.92 Å². The van der Waals surface area contributed by atoms with E-state index in [1.54, 1.807) is 29.3 Å². The zero-order valence-electron chi connectivity index (χ0n) is 18.7. The molecule has 0 unspecified atom stereocenters. The number of nitrogens with one attached hydrogen (secondary N) is 1. The first-order chi connectivity index (χ1) is 16.5. The number of aromatic nitrogens is 2. The Bertz CT molecular complexity index is 1340. The number of carbonyl (C=O) groups excluding carboxylic acids is 1. The third-order valence-corrected chi connectivity index (χ3v) is 7.28. The van der Waals surface area contributed by atoms with Gasteiger partial charge in [-0.3, -0.25) is 18.9 Å². The van der Waals surface area contributed by atoms with E-state index in [1.807, 2.05) is 37.3 Å². The van der Waals surface area contributed by atoms with Gasteiger partial charge in [-0.1, -0.05) is 59.9 Å². The number of nitrogens with zero attached hydrogens (tertiary/aromatic N) is 3. The van der Waals surface area contributed by atoms with Crippen LogP contribution < -0.4 is 10.9 Å². The van der Waals surface area contributed by atoms with Gasteiger partial charge in [-0.25, -0.2) is 4.98 Å². The third kappa shape index (κ3) is 4.64. The molecule has 2 fully saturated rings. The van der Waals surface area contributed by atoms with Crippen molar-refractivity contribution in [2.24, 2.45) is 0 Å². The normalized spacial score (nSPS) is 19.5. The second kappa shape index (κ2) is 9.69. The van der Waals surface area contributed by atoms with E-state index in [4.69, 9.17) is 17.0 Å². The molecule has 0 saturated carbocycles. The van der Waals surface area contributed by atoms with Crippen LogP contribution in [0.1, 0.15) is 29.5 Å². The summed E-state index contributed by atoms with van der Waals surface area (Å²) < 4.78 is 7.66. The average Bonchev–Trinajstić information content (AvgIpc) is 3.45. The molecule has 2 saturated heterocycles. The molecule has 0 bridgehead atoms. The Labute approximate surface area is 206 Å². The number of anilines is 1. The van der Waals surface area contributed by atoms with Crippen molar-refractivity contribution in [1.29, 1.82) is 0 Å². The largest absolute Gasteiger partial charge is 0.376 e. The molecule has 1 amide bonds. The Morgan fingerprint density at radius 2 is 2.06 bits per heavy atom. The van der Waals surface area contributed by atoms with E-state index < -0.39 is 0 Å². The van der Waals surface area contributed by atoms with Gasteiger partial charge < -0.3 is 10.1 Å². The van der Waals surface area contributed by atoms with E-state index in [-0.39, 0.29) is 17.6 Å². The number of thioether (sulfide) groups is 1. The number of amides is 1. The Kier molecular flexibility index (Phi) is 6.49. The molecule has 1 N–H and O–H groups in total. The average molecular weight is 493 g/mol. The monoisotopic (exact) mass is 492 g/mol. The fourth-order valence-corrected chi connectivity index (χ4v) is 5.26. The number of fused-ring (bicyclic) bond motifs is 1. The highest BCUT2D eigenvalue weighted by atomic mass is 32.2. The van der Waals surface area contributed by atoms with E-state index in [1.165, 1.54) is 16.2 Å². The van der Waals surface area contributed by atoms with Crippen molar-refractivity contribution in [1.82, 2.24) is 14.3 Å². The molecule has 34 heavy (non-hydrogen) atoms. The Morgan fingerprint density at radius 1 is 1.24 bits per heavy atom. The van der Waals surface area contributed by atoms with Crippen molar-refractivity contribution >= 4 is 51.7 Å². The lowest BCUT2D eigenvalue weighted by atomic mass is 10.1. The van der Waals surface area contributed by atoms with E-state index in [2.05, 4.69) is 10.3 Å². The van der Waals surface area contributed by atoms with E-state index in [0.717, 1.165) is 30.6 Å². The summed E-state index contributed by atoms with van der Waals surface area (Å²) in [5, 5.41) is 3.28. The summed E-state index contributed by atoms with van der Waals surface area (Å²) in [5.74, 6) is 0.230. The number of benzene rings is 1. The van der Waals surface area contributed by atoms with Gasteiger partial charge in [0.2, 0.25) is 0 Å². The minimum absolute atomic E-state index is 0.0802. The first kappa shape index (κ1) is 22.8. The highest BCUT2D eigenvalue weighted by molar-refractivity contribution is 8.26. The van der Waals surface area contributed by atoms with E-state index in [0.29, 0.717) is 39.3 Å². The quantitative estimate of drug-likeness (QED) is 0.412. The Morgan fingerprint density at radius 3 is 2.82 bits per heavy atom. The van der Waals surface area contributed by atoms with Gasteiger partial charge in [-0.05, 0) is 43.5 Å². The molecule has 1 aromatic carbocycles. The number of hydrogen-bond acceptors (Lipinski definition) is 7. The summed E-state index contributed by atoms with van der Waals surface area (Å²) in [4.78, 5) is 33.2. The molecular weight excluding hydrogens is 468 g/mol. The van der Waals surface area contributed by atoms with Crippen LogP contribution >= 0.6 is 24.0 Å². The fraction of sp³-hybridized carbons (Fsp3) is 0.280. The molecule has 3 aromatic rings. The Hall–Kier alpha value is -3.01. The van der Waals surface area contributed by atoms with E-state index >= 15 is 0 Å². The van der Waals surface area contributed by atoms with Crippen LogP contribution in [0.3, 0.4) is 0 Å². The second-order valence-electron chi connectivity index (χ2n) is 8.38. The molecule has 4 heterocycles. The lowest BCUT2D eigenvalue weighted by molar-refractivity contribution is -0.122. The van der Waals surface area contributed by atoms with Crippen molar-refractivity contribution in [2.45, 2.75) is 32.4 Å². The number of carbonyl (C=O) groups is 1. The highest BCUT2D eigenvalue weighted by Crippen LogP contribution is 2.34. The second-order valence-corrected chi connectivity index (χ2v) is 10.1. The standard InChI is InChI=1S/C25H24N4O3S2/c1-16-7-9-17(10-8-16)15-29-24(31)20(34-25(29)33)13-19-22(26-14-18-5-4-12-32-18)27-21-6-2-3-11-28(21)23(19)30/h2-3,6-11,13,18,26H,4-5,12,14-15H2,1H3/b20-13-/t18-/m0/s1. The molecule has 0 aliphatic carbocycles. The number of ether oxygens (including phenoxy) is 1. The SMILES string of the molecule is Cc1ccc(CN2C(=O)/C(=C/c3c(NC[C@@H]4CCCO4)nc4ccccn4c3=O)SC2=S)cc1. The zero-order valence-corrected chi connectivity index (χ0v) is 20.3. The van der Waals surface area contributed by atoms with Crippen LogP contribution in [0.2, 0.25) is 0 Å². The molecule has 2 aromatic heterocycles. The van der Waals surface area contributed by atoms with Gasteiger partial charge >= 0.3 is 0 Å². The number of aryl methyl sites for hydroxylation is 1. The molecule has 0 spiro atoms. The molecule has 2 aliphatic rings. The summed E-state index contributed by atoms with van der Waals surface area (Å²) in [6.45, 7) is 3.70. The van der Waals surface area contributed by atoms with Gasteiger partial charge in [0.05, 0.1) is 23.1 Å². The van der Waals surface area contributed by atoms with Gasteiger partial charge in [0, 0.05) is 19.3 Å². The number of hydrogen-bond donors (Lipinski definition) is 1. The summed E-state index contributed by atoms with van der Waals surface area (Å²) in [6.07, 6.45) is 5.36. The summed E-state index contributed by atoms with van der Waals surface area (Å²) in [7, 11) is 0. The number of rotatable bonds is 6. The maximum Gasteiger partial charge on any atom is 0.267 e. The predicted octanol–water partition coefficient (Wildman–Crippen LogP) is 4.00. The van der Waals surface area contributed by atoms with Crippen molar-refractivity contribution in [2.75, 3.05) is 18.5 Å². The summed E-state index contributed by atoms with van der Waals surface area (Å²) in [5.41, 5.74) is 2.77. The lowest BCUT2D eigenvalue weighted by Gasteiger charge is -2.15. The van der Waals surface area contributed by atoms with Crippen molar-refractivity contribution in [3.63, 3.8) is 0 Å². The van der Waals surface area contributed by atoms with E-state index in [9.17, 15) is 9.59 Å². The van der Waals surface area contributed by atoms with Crippen molar-refractivity contribution in [3.05, 3.63) is 80.6 Å². The van der Waals surface area contributed by atoms with Crippen LogP contribution in [0.15, 0.2) is 58.4 Å². The molecule has 1 atom stereocenters. The van der Waals surface area contributed by atoms with Crippen LogP contribution in [0.4, 0.5) is 5.82 Å². The van der Waals surface area contributed by atoms with Crippen molar-refractivity contribution in [3.8, 4) is 0 Å². The molecular formula is C25H24N4O3S2. The predicted molar refractivity (Wildman–Crippen MR) is 139 cm³/mol. The van der Waals surface area contributed by atoms with Crippen LogP contribution in [0.25, 0.3) is 11.7 Å². The fourth-order valence-electron chi connectivity index (χ4n) is 4.03. The summed E-state index contributed by atoms with van der Waals surface area (Å²) >= 11 is 6.70. The van der Waals surface area contributed by atoms with Gasteiger partial charge in [-0.2, -0.15) is 0 Å². The topological polar surface area (TPSA) is 75.9 Å². The van der Waals surface area contributed by atoms with Gasteiger partial charge in [0.25, 0.3) is 11.5 Å². The molecule has 5 rings (SSSR count). The maximum absolute atomic E-state index is 13.4. The number of thiocarbonyl (C=S) groups is 1. The molecule has 9 heteroatoms. The molecule has 0 radical (unpaired) electrons. The third-order valence-electron chi connectivity index (χ3n) is 5.90. The molecule has 174 valence electrons.